The molecule has 9 heteroatoms. The highest BCUT2D eigenvalue weighted by atomic mass is 35.5. The Morgan fingerprint density at radius 2 is 1.69 bits per heavy atom. The fraction of sp³-hybridized carbons (Fsp3) is 0.304. The van der Waals surface area contributed by atoms with Crippen molar-refractivity contribution in [1.29, 1.82) is 0 Å². The van der Waals surface area contributed by atoms with Gasteiger partial charge in [0.05, 0.1) is 17.6 Å². The molecular weight excluding hydrogens is 445 g/mol. The molecule has 1 aromatic carbocycles. The number of hydrogen-bond donors (Lipinski definition) is 0. The minimum absolute atomic E-state index is 0. The van der Waals surface area contributed by atoms with Crippen molar-refractivity contribution < 1.29 is 0 Å². The average Bonchev–Trinajstić information content (AvgIpc) is 3.24. The summed E-state index contributed by atoms with van der Waals surface area (Å²) in [5.41, 5.74) is 3.89. The SMILES string of the molecule is CN1CCN(c2nccn3c(-c4ccnc(CCc5ccc(Cl)cc5)n4)cnc23)CC1.Cl. The standard InChI is InChI=1S/C23H24ClN7.ClH/c1-29-12-14-30(15-13-29)22-23-27-16-20(31(23)11-10-26-22)19-8-9-25-21(28-19)7-4-17-2-5-18(24)6-3-17;/h2-3,5-6,8-11,16H,4,7,12-15H2,1H3;1H. The number of hydrogen-bond acceptors (Lipinski definition) is 6. The zero-order valence-electron chi connectivity index (χ0n) is 17.9. The number of halogens is 2. The molecule has 0 aliphatic carbocycles. The molecule has 7 nitrogen and oxygen atoms in total. The van der Waals surface area contributed by atoms with Crippen molar-refractivity contribution in [2.45, 2.75) is 12.8 Å². The number of nitrogens with zero attached hydrogens (tertiary/aromatic N) is 7. The summed E-state index contributed by atoms with van der Waals surface area (Å²) < 4.78 is 2.08. The number of benzene rings is 1. The summed E-state index contributed by atoms with van der Waals surface area (Å²) in [6.07, 6.45) is 9.12. The molecule has 3 aromatic heterocycles. The van der Waals surface area contributed by atoms with Crippen LogP contribution in [0.2, 0.25) is 5.02 Å². The highest BCUT2D eigenvalue weighted by Crippen LogP contribution is 2.25. The van der Waals surface area contributed by atoms with Gasteiger partial charge in [-0.1, -0.05) is 23.7 Å². The van der Waals surface area contributed by atoms with E-state index in [1.54, 1.807) is 0 Å². The largest absolute Gasteiger partial charge is 0.351 e. The Bertz CT molecular complexity index is 1180. The van der Waals surface area contributed by atoms with Gasteiger partial charge >= 0.3 is 0 Å². The van der Waals surface area contributed by atoms with Gasteiger partial charge in [0, 0.05) is 56.2 Å². The second kappa shape index (κ2) is 9.81. The number of aryl methyl sites for hydroxylation is 2. The zero-order valence-corrected chi connectivity index (χ0v) is 19.4. The van der Waals surface area contributed by atoms with E-state index in [-0.39, 0.29) is 12.4 Å². The van der Waals surface area contributed by atoms with E-state index in [0.717, 1.165) is 72.7 Å². The van der Waals surface area contributed by atoms with Crippen molar-refractivity contribution in [3.8, 4) is 11.4 Å². The molecule has 5 rings (SSSR count). The summed E-state index contributed by atoms with van der Waals surface area (Å²) in [7, 11) is 2.15. The number of aromatic nitrogens is 5. The lowest BCUT2D eigenvalue weighted by atomic mass is 10.1. The van der Waals surface area contributed by atoms with Gasteiger partial charge in [-0.05, 0) is 37.2 Å². The molecule has 1 aliphatic heterocycles. The van der Waals surface area contributed by atoms with Gasteiger partial charge in [0.15, 0.2) is 11.5 Å². The average molecular weight is 470 g/mol. The van der Waals surface area contributed by atoms with Crippen LogP contribution in [0.15, 0.2) is 55.1 Å². The number of piperazine rings is 1. The van der Waals surface area contributed by atoms with Gasteiger partial charge in [0.25, 0.3) is 0 Å². The molecule has 1 aliphatic rings. The molecule has 0 unspecified atom stereocenters. The van der Waals surface area contributed by atoms with E-state index in [0.29, 0.717) is 0 Å². The van der Waals surface area contributed by atoms with Crippen molar-refractivity contribution in [3.05, 3.63) is 71.5 Å². The van der Waals surface area contributed by atoms with Crippen LogP contribution < -0.4 is 4.90 Å². The summed E-state index contributed by atoms with van der Waals surface area (Å²) in [6.45, 7) is 3.96. The second-order valence-electron chi connectivity index (χ2n) is 7.86. The van der Waals surface area contributed by atoms with Crippen molar-refractivity contribution >= 4 is 35.5 Å². The number of imidazole rings is 1. The van der Waals surface area contributed by atoms with Gasteiger partial charge in [-0.2, -0.15) is 0 Å². The normalized spacial score (nSPS) is 14.5. The first kappa shape index (κ1) is 22.5. The Morgan fingerprint density at radius 1 is 0.906 bits per heavy atom. The molecule has 0 amide bonds. The van der Waals surface area contributed by atoms with Crippen molar-refractivity contribution in [1.82, 2.24) is 29.2 Å². The van der Waals surface area contributed by atoms with Crippen LogP contribution in [-0.4, -0.2) is 62.5 Å². The molecule has 32 heavy (non-hydrogen) atoms. The van der Waals surface area contributed by atoms with Crippen molar-refractivity contribution in [2.24, 2.45) is 0 Å². The molecule has 0 bridgehead atoms. The lowest BCUT2D eigenvalue weighted by Gasteiger charge is -2.33. The smallest absolute Gasteiger partial charge is 0.180 e. The fourth-order valence-corrected chi connectivity index (χ4v) is 4.03. The number of rotatable bonds is 5. The van der Waals surface area contributed by atoms with Crippen LogP contribution in [0, 0.1) is 0 Å². The van der Waals surface area contributed by atoms with Crippen LogP contribution in [0.3, 0.4) is 0 Å². The topological polar surface area (TPSA) is 62.5 Å². The molecule has 0 saturated carbocycles. The highest BCUT2D eigenvalue weighted by Gasteiger charge is 2.20. The first-order valence-corrected chi connectivity index (χ1v) is 10.9. The summed E-state index contributed by atoms with van der Waals surface area (Å²) in [5, 5.41) is 0.750. The number of likely N-dealkylation sites (N-methyl/N-ethyl adjacent to an activating group) is 1. The molecule has 0 radical (unpaired) electrons. The van der Waals surface area contributed by atoms with E-state index in [9.17, 15) is 0 Å². The van der Waals surface area contributed by atoms with Crippen LogP contribution in [0.4, 0.5) is 5.82 Å². The quantitative estimate of drug-likeness (QED) is 0.442. The number of anilines is 1. The maximum Gasteiger partial charge on any atom is 0.180 e. The van der Waals surface area contributed by atoms with Crippen LogP contribution in [-0.2, 0) is 12.8 Å². The molecule has 4 aromatic rings. The predicted molar refractivity (Wildman–Crippen MR) is 130 cm³/mol. The molecule has 4 heterocycles. The van der Waals surface area contributed by atoms with Gasteiger partial charge in [-0.3, -0.25) is 4.40 Å². The van der Waals surface area contributed by atoms with Gasteiger partial charge in [0.1, 0.15) is 5.82 Å². The van der Waals surface area contributed by atoms with E-state index in [4.69, 9.17) is 21.6 Å². The van der Waals surface area contributed by atoms with Gasteiger partial charge in [-0.15, -0.1) is 12.4 Å². The van der Waals surface area contributed by atoms with Crippen molar-refractivity contribution in [2.75, 3.05) is 38.1 Å². The van der Waals surface area contributed by atoms with Crippen molar-refractivity contribution in [3.63, 3.8) is 0 Å². The monoisotopic (exact) mass is 469 g/mol. The van der Waals surface area contributed by atoms with E-state index in [2.05, 4.69) is 31.2 Å². The van der Waals surface area contributed by atoms with E-state index < -0.39 is 0 Å². The summed E-state index contributed by atoms with van der Waals surface area (Å²) in [4.78, 5) is 23.2. The van der Waals surface area contributed by atoms with Crippen LogP contribution in [0.25, 0.3) is 17.0 Å². The lowest BCUT2D eigenvalue weighted by molar-refractivity contribution is 0.312. The predicted octanol–water partition coefficient (Wildman–Crippen LogP) is 3.80. The molecule has 1 fully saturated rings. The van der Waals surface area contributed by atoms with Crippen LogP contribution >= 0.6 is 24.0 Å². The molecule has 0 N–H and O–H groups in total. The molecule has 1 saturated heterocycles. The van der Waals surface area contributed by atoms with Gasteiger partial charge < -0.3 is 9.80 Å². The molecule has 0 atom stereocenters. The number of fused-ring (bicyclic) bond motifs is 1. The Balaban J connectivity index is 0.00000245. The lowest BCUT2D eigenvalue weighted by Crippen LogP contribution is -2.45. The van der Waals surface area contributed by atoms with Gasteiger partial charge in [-0.25, -0.2) is 19.9 Å². The third-order valence-electron chi connectivity index (χ3n) is 5.73. The summed E-state index contributed by atoms with van der Waals surface area (Å²) >= 11 is 5.98. The Labute approximate surface area is 198 Å². The fourth-order valence-electron chi connectivity index (χ4n) is 3.91. The van der Waals surface area contributed by atoms with Crippen LogP contribution in [0.1, 0.15) is 11.4 Å². The van der Waals surface area contributed by atoms with E-state index in [1.165, 1.54) is 5.56 Å². The second-order valence-corrected chi connectivity index (χ2v) is 8.30. The van der Waals surface area contributed by atoms with E-state index in [1.807, 2.05) is 55.1 Å². The third kappa shape index (κ3) is 4.70. The Morgan fingerprint density at radius 3 is 2.47 bits per heavy atom. The first-order valence-electron chi connectivity index (χ1n) is 10.5. The third-order valence-corrected chi connectivity index (χ3v) is 5.98. The molecule has 0 spiro atoms. The highest BCUT2D eigenvalue weighted by molar-refractivity contribution is 6.30. The Kier molecular flexibility index (Phi) is 6.89. The maximum absolute atomic E-state index is 5.98. The molecule has 166 valence electrons. The maximum atomic E-state index is 5.98. The Hall–Kier alpha value is -2.74. The minimum atomic E-state index is 0. The summed E-state index contributed by atoms with van der Waals surface area (Å²) in [6, 6.07) is 9.86. The van der Waals surface area contributed by atoms with E-state index >= 15 is 0 Å². The first-order chi connectivity index (χ1) is 15.2. The van der Waals surface area contributed by atoms with Crippen LogP contribution in [0.5, 0.6) is 0 Å². The van der Waals surface area contributed by atoms with Gasteiger partial charge in [0.2, 0.25) is 0 Å². The minimum Gasteiger partial charge on any atom is -0.351 e. The summed E-state index contributed by atoms with van der Waals surface area (Å²) in [5.74, 6) is 1.75. The molecular formula is C23H25Cl2N7. The zero-order chi connectivity index (χ0) is 21.2.